The third-order valence-corrected chi connectivity index (χ3v) is 9.52. The van der Waals surface area contributed by atoms with E-state index in [9.17, 15) is 78.0 Å². The van der Waals surface area contributed by atoms with Crippen LogP contribution >= 0.6 is 0 Å². The second-order valence-corrected chi connectivity index (χ2v) is 14.3. The summed E-state index contributed by atoms with van der Waals surface area (Å²) >= 11 is 0. The van der Waals surface area contributed by atoms with Gasteiger partial charge in [-0.2, -0.15) is 0 Å². The van der Waals surface area contributed by atoms with E-state index in [0.29, 0.717) is 25.7 Å². The number of carboxylic acid groups (broad SMARTS) is 5. The minimum Gasteiger partial charge on any atom is -0.481 e. The molecule has 0 aliphatic heterocycles. The molecule has 0 unspecified atom stereocenters. The Balaban J connectivity index is 4.92. The molecule has 0 heterocycles. The molecular weight excluding hydrogens is 800 g/mol. The lowest BCUT2D eigenvalue weighted by Crippen LogP contribution is -2.42. The SMILES string of the molecule is CC[C@@H](CCCCNC(=O)CC[C@H](NC(=O)CC[C@H](CC(=O)CC[C@H](NC(=O)CC[C@H](CC(=O)CC[C@H](NC(C)=O)C(=O)O)C(=O)O)C(=O)O)C(=O)O)C(=O)O)C(=O)CO. The van der Waals surface area contributed by atoms with Crippen molar-refractivity contribution >= 4 is 70.8 Å². The van der Waals surface area contributed by atoms with Crippen molar-refractivity contribution in [3.63, 3.8) is 0 Å². The van der Waals surface area contributed by atoms with Crippen LogP contribution in [0.2, 0.25) is 0 Å². The summed E-state index contributed by atoms with van der Waals surface area (Å²) in [7, 11) is 0. The van der Waals surface area contributed by atoms with Crippen LogP contribution in [0.25, 0.3) is 0 Å². The predicted molar refractivity (Wildman–Crippen MR) is 205 cm³/mol. The van der Waals surface area contributed by atoms with E-state index in [1.165, 1.54) is 0 Å². The van der Waals surface area contributed by atoms with E-state index in [1.807, 2.05) is 6.92 Å². The maximum absolute atomic E-state index is 12.6. The Labute approximate surface area is 345 Å². The highest BCUT2D eigenvalue weighted by atomic mass is 16.4. The van der Waals surface area contributed by atoms with Crippen molar-refractivity contribution in [2.45, 2.75) is 135 Å². The minimum atomic E-state index is -1.64. The summed E-state index contributed by atoms with van der Waals surface area (Å²) in [4.78, 5) is 143. The largest absolute Gasteiger partial charge is 0.481 e. The van der Waals surface area contributed by atoms with Crippen LogP contribution in [0.3, 0.4) is 0 Å². The van der Waals surface area contributed by atoms with Gasteiger partial charge in [0, 0.05) is 64.3 Å². The van der Waals surface area contributed by atoms with Gasteiger partial charge < -0.3 is 51.9 Å². The van der Waals surface area contributed by atoms with Crippen LogP contribution in [0.5, 0.6) is 0 Å². The number of nitrogens with one attached hydrogen (secondary N) is 4. The number of carboxylic acids is 5. The Kier molecular flexibility index (Phi) is 26.6. The first-order valence-electron chi connectivity index (χ1n) is 19.5. The van der Waals surface area contributed by atoms with Crippen LogP contribution in [-0.4, -0.2) is 133 Å². The zero-order valence-electron chi connectivity index (χ0n) is 33.8. The monoisotopic (exact) mass is 858 g/mol. The topological polar surface area (TPSA) is 374 Å². The Morgan fingerprint density at radius 2 is 0.867 bits per heavy atom. The summed E-state index contributed by atoms with van der Waals surface area (Å²) in [5.74, 6) is -14.9. The fourth-order valence-electron chi connectivity index (χ4n) is 5.98. The highest BCUT2D eigenvalue weighted by molar-refractivity contribution is 5.89. The molecular formula is C38H58N4O18. The molecule has 338 valence electrons. The molecule has 22 nitrogen and oxygen atoms in total. The van der Waals surface area contributed by atoms with E-state index >= 15 is 0 Å². The third kappa shape index (κ3) is 24.2. The summed E-state index contributed by atoms with van der Waals surface area (Å²) < 4.78 is 0. The summed E-state index contributed by atoms with van der Waals surface area (Å²) in [6.45, 7) is 2.63. The number of ketones is 3. The molecule has 0 aliphatic carbocycles. The van der Waals surface area contributed by atoms with E-state index in [1.54, 1.807) is 0 Å². The van der Waals surface area contributed by atoms with Crippen LogP contribution < -0.4 is 21.3 Å². The number of Topliss-reactive ketones (excluding diaryl/α,β-unsaturated/α-hetero) is 3. The maximum atomic E-state index is 12.6. The molecule has 0 fully saturated rings. The summed E-state index contributed by atoms with van der Waals surface area (Å²) in [5.41, 5.74) is 0. The molecule has 0 aromatic rings. The first-order chi connectivity index (χ1) is 28.1. The fourth-order valence-corrected chi connectivity index (χ4v) is 5.98. The number of aliphatic hydroxyl groups excluding tert-OH is 1. The first kappa shape index (κ1) is 54.2. The van der Waals surface area contributed by atoms with Gasteiger partial charge in [0.2, 0.25) is 23.6 Å². The molecule has 10 N–H and O–H groups in total. The first-order valence-corrected chi connectivity index (χ1v) is 19.5. The summed E-state index contributed by atoms with van der Waals surface area (Å²) in [6.07, 6.45) is -2.99. The molecule has 0 spiro atoms. The number of aliphatic hydroxyl groups is 1. The number of hydrogen-bond donors (Lipinski definition) is 10. The van der Waals surface area contributed by atoms with Gasteiger partial charge >= 0.3 is 29.8 Å². The third-order valence-electron chi connectivity index (χ3n) is 9.52. The zero-order chi connectivity index (χ0) is 45.9. The van der Waals surface area contributed by atoms with Crippen molar-refractivity contribution < 1.29 is 88.2 Å². The zero-order valence-corrected chi connectivity index (χ0v) is 33.8. The fraction of sp³-hybridized carbons (Fsp3) is 0.684. The number of carbonyl (C=O) groups excluding carboxylic acids is 7. The normalized spacial score (nSPS) is 13.8. The Morgan fingerprint density at radius 3 is 1.23 bits per heavy atom. The number of unbranched alkanes of at least 4 members (excludes halogenated alkanes) is 1. The van der Waals surface area contributed by atoms with Crippen molar-refractivity contribution in [2.24, 2.45) is 17.8 Å². The number of amides is 4. The lowest BCUT2D eigenvalue weighted by molar-refractivity contribution is -0.145. The average Bonchev–Trinajstić information content (AvgIpc) is 3.16. The molecule has 0 aromatic carbocycles. The molecule has 0 saturated carbocycles. The van der Waals surface area contributed by atoms with E-state index < -0.39 is 153 Å². The van der Waals surface area contributed by atoms with Crippen LogP contribution in [0.15, 0.2) is 0 Å². The molecule has 60 heavy (non-hydrogen) atoms. The van der Waals surface area contributed by atoms with Gasteiger partial charge in [-0.15, -0.1) is 0 Å². The average molecular weight is 859 g/mol. The highest BCUT2D eigenvalue weighted by Crippen LogP contribution is 2.18. The van der Waals surface area contributed by atoms with E-state index in [0.717, 1.165) is 6.92 Å². The van der Waals surface area contributed by atoms with Gasteiger partial charge in [0.25, 0.3) is 0 Å². The Bertz CT molecular complexity index is 1550. The van der Waals surface area contributed by atoms with Gasteiger partial charge in [-0.05, 0) is 51.4 Å². The van der Waals surface area contributed by atoms with Crippen LogP contribution in [0.4, 0.5) is 0 Å². The van der Waals surface area contributed by atoms with Crippen molar-refractivity contribution in [3.8, 4) is 0 Å². The predicted octanol–water partition coefficient (Wildman–Crippen LogP) is -0.190. The van der Waals surface area contributed by atoms with Gasteiger partial charge in [-0.3, -0.25) is 43.2 Å². The smallest absolute Gasteiger partial charge is 0.326 e. The number of aliphatic carboxylic acids is 5. The van der Waals surface area contributed by atoms with Gasteiger partial charge in [-0.1, -0.05) is 13.3 Å². The number of hydrogen-bond acceptors (Lipinski definition) is 13. The molecule has 0 rings (SSSR count). The van der Waals surface area contributed by atoms with Gasteiger partial charge in [0.1, 0.15) is 36.3 Å². The minimum absolute atomic E-state index is 0.252. The standard InChI is InChI=1S/C38H58N4O18/c1-3-22(30(47)20-43)6-4-5-17-39-31(48)16-13-29(38(59)60)42-33(50)15-8-24(35(53)54)19-26(46)10-12-28(37(57)58)41-32(49)14-7-23(34(51)52)18-25(45)9-11-27(36(55)56)40-21(2)44/h22-24,27-29,43H,3-20H2,1-2H3,(H,39,48)(H,40,44)(H,41,49)(H,42,50)(H,51,52)(H,53,54)(H,55,56)(H,57,58)(H,59,60)/t22-,23+,24+,27-,28-,29-/m0/s1. The highest BCUT2D eigenvalue weighted by Gasteiger charge is 2.29. The molecule has 0 aliphatic rings. The lowest BCUT2D eigenvalue weighted by atomic mass is 9.93. The quantitative estimate of drug-likeness (QED) is 0.0369. The second-order valence-electron chi connectivity index (χ2n) is 14.3. The lowest BCUT2D eigenvalue weighted by Gasteiger charge is -2.17. The molecule has 22 heteroatoms. The van der Waals surface area contributed by atoms with E-state index in [4.69, 9.17) is 10.2 Å². The Hall–Kier alpha value is -5.80. The van der Waals surface area contributed by atoms with Gasteiger partial charge in [-0.25, -0.2) is 14.4 Å². The molecule has 0 bridgehead atoms. The molecule has 0 radical (unpaired) electrons. The maximum Gasteiger partial charge on any atom is 0.326 e. The van der Waals surface area contributed by atoms with Crippen LogP contribution in [0.1, 0.15) is 117 Å². The van der Waals surface area contributed by atoms with Crippen LogP contribution in [-0.2, 0) is 57.5 Å². The van der Waals surface area contributed by atoms with E-state index in [-0.39, 0.29) is 43.9 Å². The Morgan fingerprint density at radius 1 is 0.467 bits per heavy atom. The second kappa shape index (κ2) is 29.4. The van der Waals surface area contributed by atoms with Gasteiger partial charge in [0.05, 0.1) is 11.8 Å². The molecule has 6 atom stereocenters. The summed E-state index contributed by atoms with van der Waals surface area (Å²) in [6, 6.07) is -4.49. The van der Waals surface area contributed by atoms with Gasteiger partial charge in [0.15, 0.2) is 5.78 Å². The van der Waals surface area contributed by atoms with Crippen molar-refractivity contribution in [3.05, 3.63) is 0 Å². The number of carbonyl (C=O) groups is 12. The van der Waals surface area contributed by atoms with E-state index in [2.05, 4.69) is 21.3 Å². The van der Waals surface area contributed by atoms with Crippen molar-refractivity contribution in [1.82, 2.24) is 21.3 Å². The molecule has 0 saturated heterocycles. The summed E-state index contributed by atoms with van der Waals surface area (Å²) in [5, 5.41) is 65.5. The molecule has 4 amide bonds. The molecule has 0 aromatic heterocycles. The number of rotatable bonds is 35. The van der Waals surface area contributed by atoms with Crippen molar-refractivity contribution in [1.29, 1.82) is 0 Å². The van der Waals surface area contributed by atoms with Crippen LogP contribution in [0, 0.1) is 17.8 Å². The van der Waals surface area contributed by atoms with Crippen molar-refractivity contribution in [2.75, 3.05) is 13.2 Å².